The van der Waals surface area contributed by atoms with Gasteiger partial charge in [0.1, 0.15) is 6.10 Å². The van der Waals surface area contributed by atoms with Gasteiger partial charge in [-0.1, -0.05) is 20.8 Å². The molecule has 9 heteroatoms. The maximum atomic E-state index is 15.0. The molecule has 0 unspecified atom stereocenters. The van der Waals surface area contributed by atoms with Crippen LogP contribution in [0.4, 0.5) is 4.39 Å². The van der Waals surface area contributed by atoms with Crippen molar-refractivity contribution in [2.45, 2.75) is 63.8 Å². The van der Waals surface area contributed by atoms with E-state index in [1.165, 1.54) is 0 Å². The Balaban J connectivity index is 2.24. The monoisotopic (exact) mass is 372 g/mol. The van der Waals surface area contributed by atoms with Crippen molar-refractivity contribution in [1.29, 1.82) is 0 Å². The summed E-state index contributed by atoms with van der Waals surface area (Å²) in [5, 5.41) is -0.0665. The highest BCUT2D eigenvalue weighted by molar-refractivity contribution is 6.74. The fourth-order valence-corrected chi connectivity index (χ4v) is 3.34. The highest BCUT2D eigenvalue weighted by Crippen LogP contribution is 2.40. The third-order valence-corrected chi connectivity index (χ3v) is 9.54. The molecule has 1 aliphatic heterocycles. The Morgan fingerprint density at radius 2 is 1.96 bits per heavy atom. The summed E-state index contributed by atoms with van der Waals surface area (Å²) in [6.07, 6.45) is -1.43. The molecule has 25 heavy (non-hydrogen) atoms. The lowest BCUT2D eigenvalue weighted by atomic mass is 10.0. The van der Waals surface area contributed by atoms with Crippen molar-refractivity contribution < 1.29 is 18.3 Å². The number of hydrogen-bond donors (Lipinski definition) is 1. The summed E-state index contributed by atoms with van der Waals surface area (Å²) < 4.78 is 27.3. The molecule has 3 atom stereocenters. The summed E-state index contributed by atoms with van der Waals surface area (Å²) in [5.74, 6) is -0.769. The van der Waals surface area contributed by atoms with Gasteiger partial charge in [-0.15, -0.1) is 0 Å². The second kappa shape index (κ2) is 6.29. The van der Waals surface area contributed by atoms with E-state index in [1.54, 1.807) is 0 Å². The molecule has 1 aliphatic rings. The fraction of sp³-hybridized carbons (Fsp3) is 0.688. The first kappa shape index (κ1) is 19.7. The SMILES string of the molecule is CC(C)(C)[Si](C)(C)OC[C@H]1O[C@@H](n2ccc(=O)[nH]c2=O)[C@](C)(F)C1=O. The molecule has 1 aromatic heterocycles. The predicted molar refractivity (Wildman–Crippen MR) is 92.9 cm³/mol. The molecule has 0 spiro atoms. The molecule has 1 saturated heterocycles. The third kappa shape index (κ3) is 3.68. The van der Waals surface area contributed by atoms with E-state index in [9.17, 15) is 18.8 Å². The van der Waals surface area contributed by atoms with Crippen LogP contribution in [0, 0.1) is 0 Å². The van der Waals surface area contributed by atoms with E-state index in [0.717, 1.165) is 23.8 Å². The van der Waals surface area contributed by atoms with Gasteiger partial charge >= 0.3 is 5.69 Å². The van der Waals surface area contributed by atoms with Crippen LogP contribution in [0.5, 0.6) is 0 Å². The van der Waals surface area contributed by atoms with E-state index in [1.807, 2.05) is 18.1 Å². The lowest BCUT2D eigenvalue weighted by Gasteiger charge is -2.36. The summed E-state index contributed by atoms with van der Waals surface area (Å²) in [7, 11) is -2.14. The number of nitrogens with zero attached hydrogens (tertiary/aromatic N) is 1. The summed E-state index contributed by atoms with van der Waals surface area (Å²) in [4.78, 5) is 37.5. The van der Waals surface area contributed by atoms with Crippen LogP contribution in [0.1, 0.15) is 33.9 Å². The molecular formula is C16H25FN2O5Si. The quantitative estimate of drug-likeness (QED) is 0.813. The molecule has 0 radical (unpaired) electrons. The van der Waals surface area contributed by atoms with Crippen molar-refractivity contribution in [2.75, 3.05) is 6.61 Å². The van der Waals surface area contributed by atoms with E-state index in [4.69, 9.17) is 9.16 Å². The van der Waals surface area contributed by atoms with Crippen LogP contribution >= 0.6 is 0 Å². The van der Waals surface area contributed by atoms with Gasteiger partial charge in [0.25, 0.3) is 5.56 Å². The highest BCUT2D eigenvalue weighted by atomic mass is 28.4. The highest BCUT2D eigenvalue weighted by Gasteiger charge is 2.55. The number of carbonyl (C=O) groups excluding carboxylic acids is 1. The zero-order valence-corrected chi connectivity index (χ0v) is 16.4. The van der Waals surface area contributed by atoms with Crippen molar-refractivity contribution >= 4 is 14.1 Å². The fourth-order valence-electron chi connectivity index (χ4n) is 2.34. The Hall–Kier alpha value is -1.58. The minimum Gasteiger partial charge on any atom is -0.414 e. The number of alkyl halides is 1. The van der Waals surface area contributed by atoms with Crippen molar-refractivity contribution in [1.82, 2.24) is 9.55 Å². The number of ketones is 1. The number of rotatable bonds is 4. The summed E-state index contributed by atoms with van der Waals surface area (Å²) in [5.41, 5.74) is -3.84. The first-order valence-corrected chi connectivity index (χ1v) is 11.0. The maximum Gasteiger partial charge on any atom is 0.330 e. The van der Waals surface area contributed by atoms with E-state index < -0.39 is 43.4 Å². The Bertz CT molecular complexity index is 778. The summed E-state index contributed by atoms with van der Waals surface area (Å²) in [6, 6.07) is 1.07. The van der Waals surface area contributed by atoms with Gasteiger partial charge in [0.2, 0.25) is 11.5 Å². The van der Waals surface area contributed by atoms with Crippen molar-refractivity contribution in [3.63, 3.8) is 0 Å². The number of H-pyrrole nitrogens is 1. The Morgan fingerprint density at radius 1 is 1.36 bits per heavy atom. The standard InChI is InChI=1S/C16H25FN2O5Si/c1-15(2,3)25(5,6)23-9-10-12(21)16(4,17)13(24-10)19-8-7-11(20)18-14(19)22/h7-8,10,13H,9H2,1-6H3,(H,18,20,22)/t10-,13-,16-/m1/s1. The number of hydrogen-bond acceptors (Lipinski definition) is 5. The normalized spacial score (nSPS) is 27.7. The van der Waals surface area contributed by atoms with E-state index >= 15 is 0 Å². The van der Waals surface area contributed by atoms with Crippen LogP contribution in [0.3, 0.4) is 0 Å². The molecule has 2 heterocycles. The number of ether oxygens (including phenoxy) is 1. The second-order valence-electron chi connectivity index (χ2n) is 8.01. The van der Waals surface area contributed by atoms with Gasteiger partial charge < -0.3 is 9.16 Å². The molecule has 0 aromatic carbocycles. The average Bonchev–Trinajstić information content (AvgIpc) is 2.67. The van der Waals surface area contributed by atoms with Crippen LogP contribution in [0.15, 0.2) is 21.9 Å². The Labute approximate surface area is 146 Å². The van der Waals surface area contributed by atoms with Gasteiger partial charge in [-0.2, -0.15) is 0 Å². The first-order chi connectivity index (χ1) is 11.3. The topological polar surface area (TPSA) is 90.4 Å². The minimum absolute atomic E-state index is 0.0660. The molecule has 0 aliphatic carbocycles. The molecule has 0 amide bonds. The number of Topliss-reactive ketones (excluding diaryl/α,β-unsaturated/α-hetero) is 1. The van der Waals surface area contributed by atoms with Gasteiger partial charge in [0.15, 0.2) is 14.5 Å². The largest absolute Gasteiger partial charge is 0.414 e. The maximum absolute atomic E-state index is 15.0. The van der Waals surface area contributed by atoms with Gasteiger partial charge in [0.05, 0.1) is 6.61 Å². The molecule has 1 fully saturated rings. The zero-order chi connectivity index (χ0) is 19.2. The van der Waals surface area contributed by atoms with Gasteiger partial charge in [-0.3, -0.25) is 19.1 Å². The smallest absolute Gasteiger partial charge is 0.330 e. The number of aromatic amines is 1. The van der Waals surface area contributed by atoms with Crippen molar-refractivity contribution in [3.05, 3.63) is 33.1 Å². The molecule has 0 bridgehead atoms. The molecule has 2 rings (SSSR count). The van der Waals surface area contributed by atoms with Crippen molar-refractivity contribution in [3.8, 4) is 0 Å². The molecule has 0 saturated carbocycles. The van der Waals surface area contributed by atoms with Crippen LogP contribution in [0.2, 0.25) is 18.1 Å². The Morgan fingerprint density at radius 3 is 2.48 bits per heavy atom. The van der Waals surface area contributed by atoms with Crippen molar-refractivity contribution in [2.24, 2.45) is 0 Å². The van der Waals surface area contributed by atoms with Gasteiger partial charge in [-0.25, -0.2) is 9.18 Å². The number of nitrogens with one attached hydrogen (secondary N) is 1. The summed E-state index contributed by atoms with van der Waals surface area (Å²) >= 11 is 0. The molecule has 1 aromatic rings. The lowest BCUT2D eigenvalue weighted by molar-refractivity contribution is -0.129. The number of halogens is 1. The average molecular weight is 372 g/mol. The summed E-state index contributed by atoms with van der Waals surface area (Å²) in [6.45, 7) is 11.2. The number of aromatic nitrogens is 2. The third-order valence-electron chi connectivity index (χ3n) is 5.04. The minimum atomic E-state index is -2.40. The van der Waals surface area contributed by atoms with Gasteiger partial charge in [0, 0.05) is 12.3 Å². The predicted octanol–water partition coefficient (Wildman–Crippen LogP) is 1.75. The zero-order valence-electron chi connectivity index (χ0n) is 15.4. The van der Waals surface area contributed by atoms with Crippen LogP contribution in [0.25, 0.3) is 0 Å². The van der Waals surface area contributed by atoms with E-state index in [2.05, 4.69) is 20.8 Å². The van der Waals surface area contributed by atoms with Crippen LogP contribution < -0.4 is 11.2 Å². The Kier molecular flexibility index (Phi) is 4.97. The molecule has 1 N–H and O–H groups in total. The van der Waals surface area contributed by atoms with Gasteiger partial charge in [-0.05, 0) is 25.1 Å². The van der Waals surface area contributed by atoms with Crippen LogP contribution in [-0.2, 0) is 14.0 Å². The number of carbonyl (C=O) groups is 1. The van der Waals surface area contributed by atoms with Crippen LogP contribution in [-0.4, -0.2) is 42.0 Å². The second-order valence-corrected chi connectivity index (χ2v) is 12.8. The first-order valence-electron chi connectivity index (χ1n) is 8.11. The molecular weight excluding hydrogens is 347 g/mol. The van der Waals surface area contributed by atoms with E-state index in [-0.39, 0.29) is 11.6 Å². The lowest BCUT2D eigenvalue weighted by Crippen LogP contribution is -2.44. The van der Waals surface area contributed by atoms with E-state index in [0.29, 0.717) is 0 Å². The molecule has 140 valence electrons. The molecule has 7 nitrogen and oxygen atoms in total.